The zero-order valence-electron chi connectivity index (χ0n) is 7.71. The molecule has 3 nitrogen and oxygen atoms in total. The van der Waals surface area contributed by atoms with Gasteiger partial charge in [0.25, 0.3) is 0 Å². The molecule has 0 aromatic carbocycles. The molecule has 0 aliphatic carbocycles. The van der Waals surface area contributed by atoms with Crippen LogP contribution >= 0.6 is 0 Å². The van der Waals surface area contributed by atoms with Crippen LogP contribution in [0.15, 0.2) is 0 Å². The molecule has 0 radical (unpaired) electrons. The first-order valence-corrected chi connectivity index (χ1v) is 4.84. The van der Waals surface area contributed by atoms with Gasteiger partial charge in [-0.25, -0.2) is 0 Å². The minimum absolute atomic E-state index is 0.439. The Bertz CT molecular complexity index is 166. The third kappa shape index (κ3) is 1.26. The number of hydrogen-bond acceptors (Lipinski definition) is 3. The maximum absolute atomic E-state index is 10.3. The van der Waals surface area contributed by atoms with Crippen LogP contribution in [0.25, 0.3) is 0 Å². The van der Waals surface area contributed by atoms with Gasteiger partial charge in [0.2, 0.25) is 0 Å². The van der Waals surface area contributed by atoms with Crippen molar-refractivity contribution in [3.63, 3.8) is 0 Å². The third-order valence-corrected chi connectivity index (χ3v) is 3.33. The summed E-state index contributed by atoms with van der Waals surface area (Å²) in [5, 5.41) is 13.3. The fourth-order valence-electron chi connectivity index (χ4n) is 2.65. The highest BCUT2D eigenvalue weighted by Crippen LogP contribution is 2.34. The molecule has 3 aliphatic rings. The average molecular weight is 170 g/mol. The Hall–Kier alpha value is -0.120. The summed E-state index contributed by atoms with van der Waals surface area (Å²) < 4.78 is 0. The summed E-state index contributed by atoms with van der Waals surface area (Å²) in [7, 11) is 1.91. The van der Waals surface area contributed by atoms with Gasteiger partial charge < -0.3 is 15.3 Å². The molecule has 3 aliphatic heterocycles. The van der Waals surface area contributed by atoms with E-state index in [2.05, 4.69) is 10.2 Å². The zero-order chi connectivity index (χ0) is 8.60. The van der Waals surface area contributed by atoms with Crippen molar-refractivity contribution in [1.29, 1.82) is 0 Å². The van der Waals surface area contributed by atoms with E-state index < -0.39 is 5.60 Å². The molecule has 2 bridgehead atoms. The van der Waals surface area contributed by atoms with Crippen LogP contribution < -0.4 is 5.32 Å². The molecular formula is C9H18N2O. The highest BCUT2D eigenvalue weighted by Gasteiger charge is 2.44. The monoisotopic (exact) mass is 170 g/mol. The van der Waals surface area contributed by atoms with E-state index in [4.69, 9.17) is 0 Å². The average Bonchev–Trinajstić information content (AvgIpc) is 2.05. The van der Waals surface area contributed by atoms with Gasteiger partial charge in [0, 0.05) is 13.1 Å². The maximum Gasteiger partial charge on any atom is 0.0926 e. The van der Waals surface area contributed by atoms with Crippen molar-refractivity contribution in [2.75, 3.05) is 33.2 Å². The van der Waals surface area contributed by atoms with Crippen molar-refractivity contribution in [3.05, 3.63) is 0 Å². The fraction of sp³-hybridized carbons (Fsp3) is 1.00. The zero-order valence-corrected chi connectivity index (χ0v) is 7.71. The summed E-state index contributed by atoms with van der Waals surface area (Å²) >= 11 is 0. The fourth-order valence-corrected chi connectivity index (χ4v) is 2.65. The van der Waals surface area contributed by atoms with E-state index in [9.17, 15) is 5.11 Å². The van der Waals surface area contributed by atoms with Gasteiger partial charge in [-0.3, -0.25) is 0 Å². The molecule has 70 valence electrons. The quantitative estimate of drug-likeness (QED) is 0.595. The predicted molar refractivity (Wildman–Crippen MR) is 48.0 cm³/mol. The topological polar surface area (TPSA) is 35.5 Å². The number of rotatable bonds is 2. The Labute approximate surface area is 73.8 Å². The lowest BCUT2D eigenvalue weighted by molar-refractivity contribution is -0.108. The molecule has 3 rings (SSSR count). The van der Waals surface area contributed by atoms with Gasteiger partial charge in [-0.1, -0.05) is 0 Å². The van der Waals surface area contributed by atoms with E-state index in [1.807, 2.05) is 7.05 Å². The Morgan fingerprint density at radius 3 is 2.58 bits per heavy atom. The van der Waals surface area contributed by atoms with Gasteiger partial charge in [0.1, 0.15) is 0 Å². The van der Waals surface area contributed by atoms with Crippen molar-refractivity contribution < 1.29 is 5.11 Å². The molecular weight excluding hydrogens is 152 g/mol. The molecule has 12 heavy (non-hydrogen) atoms. The van der Waals surface area contributed by atoms with E-state index in [-0.39, 0.29) is 0 Å². The van der Waals surface area contributed by atoms with Crippen molar-refractivity contribution in [3.8, 4) is 0 Å². The first kappa shape index (κ1) is 8.48. The highest BCUT2D eigenvalue weighted by atomic mass is 16.3. The molecule has 3 saturated heterocycles. The molecule has 0 spiro atoms. The Morgan fingerprint density at radius 1 is 1.50 bits per heavy atom. The molecule has 0 amide bonds. The Balaban J connectivity index is 2.06. The minimum atomic E-state index is -0.439. The lowest BCUT2D eigenvalue weighted by Gasteiger charge is -2.50. The lowest BCUT2D eigenvalue weighted by atomic mass is 9.75. The first-order chi connectivity index (χ1) is 5.74. The van der Waals surface area contributed by atoms with Gasteiger partial charge in [-0.2, -0.15) is 0 Å². The van der Waals surface area contributed by atoms with E-state index in [0.29, 0.717) is 5.92 Å². The van der Waals surface area contributed by atoms with Crippen LogP contribution in [-0.2, 0) is 0 Å². The number of aliphatic hydroxyl groups is 1. The first-order valence-electron chi connectivity index (χ1n) is 4.84. The second kappa shape index (κ2) is 2.98. The van der Waals surface area contributed by atoms with E-state index in [1.54, 1.807) is 0 Å². The van der Waals surface area contributed by atoms with Gasteiger partial charge in [-0.15, -0.1) is 0 Å². The van der Waals surface area contributed by atoms with Crippen LogP contribution in [0.1, 0.15) is 12.8 Å². The molecule has 0 aromatic rings. The number of nitrogens with zero attached hydrogens (tertiary/aromatic N) is 1. The predicted octanol–water partition coefficient (Wildman–Crippen LogP) is -0.338. The molecule has 3 heteroatoms. The van der Waals surface area contributed by atoms with E-state index >= 15 is 0 Å². The summed E-state index contributed by atoms with van der Waals surface area (Å²) in [6, 6.07) is 0. The van der Waals surface area contributed by atoms with Crippen LogP contribution in [0.2, 0.25) is 0 Å². The van der Waals surface area contributed by atoms with Crippen LogP contribution in [0, 0.1) is 5.92 Å². The number of hydrogen-bond donors (Lipinski definition) is 2. The SMILES string of the molecule is CNC[C@]1(O)CN2CCC1CC2. The molecule has 0 saturated carbocycles. The molecule has 3 fully saturated rings. The normalized spacial score (nSPS) is 46.5. The van der Waals surface area contributed by atoms with E-state index in [1.165, 1.54) is 25.9 Å². The summed E-state index contributed by atoms with van der Waals surface area (Å²) in [6.45, 7) is 4.00. The minimum Gasteiger partial charge on any atom is -0.387 e. The molecule has 2 N–H and O–H groups in total. The van der Waals surface area contributed by atoms with Crippen molar-refractivity contribution >= 4 is 0 Å². The summed E-state index contributed by atoms with van der Waals surface area (Å²) in [5.74, 6) is 0.537. The van der Waals surface area contributed by atoms with Crippen LogP contribution in [-0.4, -0.2) is 48.8 Å². The number of piperidine rings is 3. The molecule has 0 unspecified atom stereocenters. The highest BCUT2D eigenvalue weighted by molar-refractivity contribution is 4.99. The molecule has 0 aromatic heterocycles. The van der Waals surface area contributed by atoms with Crippen LogP contribution in [0.5, 0.6) is 0 Å². The number of nitrogens with one attached hydrogen (secondary N) is 1. The second-order valence-corrected chi connectivity index (χ2v) is 4.18. The van der Waals surface area contributed by atoms with Gasteiger partial charge in [0.15, 0.2) is 0 Å². The van der Waals surface area contributed by atoms with Crippen molar-refractivity contribution in [1.82, 2.24) is 10.2 Å². The maximum atomic E-state index is 10.3. The Kier molecular flexibility index (Phi) is 2.10. The number of likely N-dealkylation sites (N-methyl/N-ethyl adjacent to an activating group) is 1. The molecule has 3 heterocycles. The third-order valence-electron chi connectivity index (χ3n) is 3.33. The standard InChI is InChI=1S/C9H18N2O/c1-10-6-9(12)7-11-4-2-8(9)3-5-11/h8,10,12H,2-7H2,1H3/t9-/m0/s1. The largest absolute Gasteiger partial charge is 0.387 e. The summed E-state index contributed by atoms with van der Waals surface area (Å²) in [6.07, 6.45) is 2.36. The Morgan fingerprint density at radius 2 is 2.17 bits per heavy atom. The van der Waals surface area contributed by atoms with Gasteiger partial charge in [0.05, 0.1) is 5.60 Å². The van der Waals surface area contributed by atoms with Crippen LogP contribution in [0.4, 0.5) is 0 Å². The van der Waals surface area contributed by atoms with E-state index in [0.717, 1.165) is 13.1 Å². The molecule has 1 atom stereocenters. The van der Waals surface area contributed by atoms with Gasteiger partial charge >= 0.3 is 0 Å². The van der Waals surface area contributed by atoms with Gasteiger partial charge in [-0.05, 0) is 38.9 Å². The summed E-state index contributed by atoms with van der Waals surface area (Å²) in [5.41, 5.74) is -0.439. The number of fused-ring (bicyclic) bond motifs is 3. The van der Waals surface area contributed by atoms with Crippen molar-refractivity contribution in [2.24, 2.45) is 5.92 Å². The van der Waals surface area contributed by atoms with Crippen LogP contribution in [0.3, 0.4) is 0 Å². The van der Waals surface area contributed by atoms with Crippen molar-refractivity contribution in [2.45, 2.75) is 18.4 Å². The lowest BCUT2D eigenvalue weighted by Crippen LogP contribution is -2.62. The smallest absolute Gasteiger partial charge is 0.0926 e. The second-order valence-electron chi connectivity index (χ2n) is 4.18. The summed E-state index contributed by atoms with van der Waals surface area (Å²) in [4.78, 5) is 2.37.